The number of rotatable bonds is 5. The second kappa shape index (κ2) is 7.60. The van der Waals surface area contributed by atoms with Gasteiger partial charge in [0.1, 0.15) is 0 Å². The molecule has 2 amide bonds. The van der Waals surface area contributed by atoms with Gasteiger partial charge in [-0.1, -0.05) is 17.7 Å². The Labute approximate surface area is 139 Å². The maximum atomic E-state index is 11.9. The smallest absolute Gasteiger partial charge is 0.262 e. The molecule has 0 radical (unpaired) electrons. The van der Waals surface area contributed by atoms with Gasteiger partial charge in [0.25, 0.3) is 11.8 Å². The van der Waals surface area contributed by atoms with Gasteiger partial charge in [-0.25, -0.2) is 4.98 Å². The molecule has 1 aromatic carbocycles. The molecule has 0 fully saturated rings. The van der Waals surface area contributed by atoms with E-state index in [4.69, 9.17) is 16.3 Å². The number of amides is 2. The highest BCUT2D eigenvalue weighted by molar-refractivity contribution is 6.30. The van der Waals surface area contributed by atoms with Gasteiger partial charge >= 0.3 is 0 Å². The maximum absolute atomic E-state index is 11.9. The fourth-order valence-corrected chi connectivity index (χ4v) is 1.98. The van der Waals surface area contributed by atoms with Crippen LogP contribution in [-0.2, 0) is 4.79 Å². The third kappa shape index (κ3) is 4.69. The molecular weight excluding hydrogens is 318 g/mol. The Kier molecular flexibility index (Phi) is 5.54. The molecule has 1 aromatic heterocycles. The van der Waals surface area contributed by atoms with Crippen molar-refractivity contribution in [1.82, 2.24) is 9.88 Å². The third-order valence-electron chi connectivity index (χ3n) is 2.88. The average Bonchev–Trinajstić information content (AvgIpc) is 2.53. The van der Waals surface area contributed by atoms with Crippen molar-refractivity contribution in [2.75, 3.05) is 26.0 Å². The number of hydrogen-bond donors (Lipinski definition) is 1. The van der Waals surface area contributed by atoms with E-state index in [1.165, 1.54) is 11.1 Å². The van der Waals surface area contributed by atoms with Crippen molar-refractivity contribution in [2.45, 2.75) is 0 Å². The summed E-state index contributed by atoms with van der Waals surface area (Å²) in [5.74, 6) is -0.167. The SMILES string of the molecule is CN(C)C(=O)c1cccc(NC(=O)COc2cccnc2Cl)c1. The lowest BCUT2D eigenvalue weighted by Gasteiger charge is -2.12. The number of aromatic nitrogens is 1. The number of nitrogens with zero attached hydrogens (tertiary/aromatic N) is 2. The van der Waals surface area contributed by atoms with Gasteiger partial charge < -0.3 is 15.0 Å². The summed E-state index contributed by atoms with van der Waals surface area (Å²) in [7, 11) is 3.33. The molecule has 7 heteroatoms. The molecule has 1 heterocycles. The average molecular weight is 334 g/mol. The Morgan fingerprint density at radius 2 is 2.04 bits per heavy atom. The lowest BCUT2D eigenvalue weighted by atomic mass is 10.2. The first kappa shape index (κ1) is 16.8. The van der Waals surface area contributed by atoms with E-state index < -0.39 is 0 Å². The lowest BCUT2D eigenvalue weighted by Crippen LogP contribution is -2.23. The standard InChI is InChI=1S/C16H16ClN3O3/c1-20(2)16(22)11-5-3-6-12(9-11)19-14(21)10-23-13-7-4-8-18-15(13)17/h3-9H,10H2,1-2H3,(H,19,21). The van der Waals surface area contributed by atoms with Gasteiger partial charge in [0.2, 0.25) is 0 Å². The number of hydrogen-bond acceptors (Lipinski definition) is 4. The van der Waals surface area contributed by atoms with Crippen molar-refractivity contribution >= 4 is 29.1 Å². The van der Waals surface area contributed by atoms with Crippen LogP contribution in [0.25, 0.3) is 0 Å². The Balaban J connectivity index is 1.97. The fourth-order valence-electron chi connectivity index (χ4n) is 1.81. The topological polar surface area (TPSA) is 71.5 Å². The summed E-state index contributed by atoms with van der Waals surface area (Å²) in [6.45, 7) is -0.211. The molecule has 0 unspecified atom stereocenters. The van der Waals surface area contributed by atoms with Crippen LogP contribution in [0.5, 0.6) is 5.75 Å². The number of carbonyl (C=O) groups is 2. The first-order chi connectivity index (χ1) is 11.0. The Morgan fingerprint density at radius 1 is 1.26 bits per heavy atom. The van der Waals surface area contributed by atoms with E-state index >= 15 is 0 Å². The quantitative estimate of drug-likeness (QED) is 0.853. The zero-order chi connectivity index (χ0) is 16.8. The molecule has 0 atom stereocenters. The van der Waals surface area contributed by atoms with E-state index in [2.05, 4.69) is 10.3 Å². The Bertz CT molecular complexity index is 719. The first-order valence-corrected chi connectivity index (χ1v) is 7.20. The second-order valence-corrected chi connectivity index (χ2v) is 5.27. The Morgan fingerprint density at radius 3 is 2.74 bits per heavy atom. The highest BCUT2D eigenvalue weighted by Gasteiger charge is 2.10. The number of nitrogens with one attached hydrogen (secondary N) is 1. The van der Waals surface area contributed by atoms with Crippen molar-refractivity contribution < 1.29 is 14.3 Å². The monoisotopic (exact) mass is 333 g/mol. The van der Waals surface area contributed by atoms with Crippen molar-refractivity contribution in [3.05, 3.63) is 53.3 Å². The summed E-state index contributed by atoms with van der Waals surface area (Å²) in [4.78, 5) is 29.1. The van der Waals surface area contributed by atoms with Crippen LogP contribution in [0.1, 0.15) is 10.4 Å². The van der Waals surface area contributed by atoms with Gasteiger partial charge in [-0.2, -0.15) is 0 Å². The first-order valence-electron chi connectivity index (χ1n) is 6.82. The van der Waals surface area contributed by atoms with Crippen LogP contribution < -0.4 is 10.1 Å². The summed E-state index contributed by atoms with van der Waals surface area (Å²) in [6, 6.07) is 9.97. The zero-order valence-electron chi connectivity index (χ0n) is 12.7. The normalized spacial score (nSPS) is 10.0. The van der Waals surface area contributed by atoms with Crippen LogP contribution in [0.4, 0.5) is 5.69 Å². The largest absolute Gasteiger partial charge is 0.481 e. The third-order valence-corrected chi connectivity index (χ3v) is 3.17. The predicted molar refractivity (Wildman–Crippen MR) is 87.8 cm³/mol. The molecule has 1 N–H and O–H groups in total. The molecule has 23 heavy (non-hydrogen) atoms. The van der Waals surface area contributed by atoms with Crippen LogP contribution in [0.15, 0.2) is 42.6 Å². The molecule has 120 valence electrons. The summed E-state index contributed by atoms with van der Waals surface area (Å²) in [5.41, 5.74) is 1.01. The molecule has 0 aliphatic carbocycles. The van der Waals surface area contributed by atoms with E-state index in [1.807, 2.05) is 0 Å². The second-order valence-electron chi connectivity index (χ2n) is 4.91. The predicted octanol–water partition coefficient (Wildman–Crippen LogP) is 2.45. The van der Waals surface area contributed by atoms with Gasteiger partial charge in [-0.05, 0) is 30.3 Å². The minimum atomic E-state index is -0.362. The highest BCUT2D eigenvalue weighted by Crippen LogP contribution is 2.20. The number of pyridine rings is 1. The van der Waals surface area contributed by atoms with Gasteiger partial charge in [0.05, 0.1) is 0 Å². The van der Waals surface area contributed by atoms with E-state index in [1.54, 1.807) is 50.5 Å². The van der Waals surface area contributed by atoms with Gasteiger partial charge in [0, 0.05) is 31.5 Å². The van der Waals surface area contributed by atoms with Gasteiger partial charge in [-0.3, -0.25) is 9.59 Å². The van der Waals surface area contributed by atoms with E-state index in [-0.39, 0.29) is 23.6 Å². The molecular formula is C16H16ClN3O3. The minimum absolute atomic E-state index is 0.139. The van der Waals surface area contributed by atoms with E-state index in [9.17, 15) is 9.59 Å². The fraction of sp³-hybridized carbons (Fsp3) is 0.188. The molecule has 0 bridgehead atoms. The molecule has 2 aromatic rings. The number of halogens is 1. The van der Waals surface area contributed by atoms with Crippen molar-refractivity contribution in [3.8, 4) is 5.75 Å². The number of ether oxygens (including phenoxy) is 1. The van der Waals surface area contributed by atoms with Crippen molar-refractivity contribution in [1.29, 1.82) is 0 Å². The molecule has 0 saturated carbocycles. The lowest BCUT2D eigenvalue weighted by molar-refractivity contribution is -0.118. The number of benzene rings is 1. The van der Waals surface area contributed by atoms with Crippen LogP contribution in [-0.4, -0.2) is 42.4 Å². The maximum Gasteiger partial charge on any atom is 0.262 e. The van der Waals surface area contributed by atoms with Crippen LogP contribution in [0, 0.1) is 0 Å². The summed E-state index contributed by atoms with van der Waals surface area (Å²) in [6.07, 6.45) is 1.53. The molecule has 0 aliphatic rings. The van der Waals surface area contributed by atoms with Gasteiger partial charge in [0.15, 0.2) is 17.5 Å². The van der Waals surface area contributed by atoms with Crippen LogP contribution in [0.3, 0.4) is 0 Å². The van der Waals surface area contributed by atoms with Crippen molar-refractivity contribution in [2.24, 2.45) is 0 Å². The van der Waals surface area contributed by atoms with Crippen molar-refractivity contribution in [3.63, 3.8) is 0 Å². The molecule has 2 rings (SSSR count). The van der Waals surface area contributed by atoms with E-state index in [0.717, 1.165) is 0 Å². The molecule has 0 aliphatic heterocycles. The van der Waals surface area contributed by atoms with Crippen LogP contribution >= 0.6 is 11.6 Å². The molecule has 6 nitrogen and oxygen atoms in total. The zero-order valence-corrected chi connectivity index (χ0v) is 13.5. The molecule has 0 spiro atoms. The summed E-state index contributed by atoms with van der Waals surface area (Å²) >= 11 is 5.84. The number of anilines is 1. The summed E-state index contributed by atoms with van der Waals surface area (Å²) in [5, 5.41) is 2.86. The highest BCUT2D eigenvalue weighted by atomic mass is 35.5. The van der Waals surface area contributed by atoms with Gasteiger partial charge in [-0.15, -0.1) is 0 Å². The summed E-state index contributed by atoms with van der Waals surface area (Å²) < 4.78 is 5.31. The molecule has 0 saturated heterocycles. The Hall–Kier alpha value is -2.60. The minimum Gasteiger partial charge on any atom is -0.481 e. The number of carbonyl (C=O) groups excluding carboxylic acids is 2. The van der Waals surface area contributed by atoms with E-state index in [0.29, 0.717) is 17.0 Å². The van der Waals surface area contributed by atoms with Crippen LogP contribution in [0.2, 0.25) is 5.15 Å².